The van der Waals surface area contributed by atoms with E-state index in [0.29, 0.717) is 5.56 Å². The maximum atomic E-state index is 12.2. The highest BCUT2D eigenvalue weighted by Gasteiger charge is 2.18. The van der Waals surface area contributed by atoms with E-state index in [1.807, 2.05) is 30.3 Å². The van der Waals surface area contributed by atoms with E-state index in [1.165, 1.54) is 12.5 Å². The van der Waals surface area contributed by atoms with Crippen LogP contribution in [0.15, 0.2) is 54.6 Å². The molecule has 0 spiro atoms. The lowest BCUT2D eigenvalue weighted by molar-refractivity contribution is -0.125. The van der Waals surface area contributed by atoms with Crippen LogP contribution in [0.25, 0.3) is 0 Å². The second-order valence-electron chi connectivity index (χ2n) is 5.09. The van der Waals surface area contributed by atoms with Crippen molar-refractivity contribution in [1.82, 2.24) is 0 Å². The van der Waals surface area contributed by atoms with Crippen LogP contribution in [-0.4, -0.2) is 18.0 Å². The van der Waals surface area contributed by atoms with Crippen molar-refractivity contribution in [1.29, 1.82) is 0 Å². The number of esters is 1. The Morgan fingerprint density at radius 2 is 1.64 bits per heavy atom. The molecule has 0 aliphatic carbocycles. The minimum Gasteiger partial charge on any atom is -0.449 e. The van der Waals surface area contributed by atoms with Crippen LogP contribution in [-0.2, 0) is 22.4 Å². The number of hydrogen-bond acceptors (Lipinski definition) is 3. The fraction of sp³-hybridized carbons (Fsp3) is 0.222. The summed E-state index contributed by atoms with van der Waals surface area (Å²) in [6.07, 6.45) is 0.617. The lowest BCUT2D eigenvalue weighted by Crippen LogP contribution is -2.30. The summed E-state index contributed by atoms with van der Waals surface area (Å²) in [7, 11) is 0. The second-order valence-corrected chi connectivity index (χ2v) is 5.09. The molecule has 2 rings (SSSR count). The monoisotopic (exact) mass is 297 g/mol. The zero-order valence-corrected chi connectivity index (χ0v) is 12.5. The molecule has 22 heavy (non-hydrogen) atoms. The molecular formula is C18H19NO3. The molecule has 0 bridgehead atoms. The normalized spacial score (nSPS) is 11.7. The highest BCUT2D eigenvalue weighted by Crippen LogP contribution is 2.14. The first-order valence-electron chi connectivity index (χ1n) is 7.20. The van der Waals surface area contributed by atoms with Crippen LogP contribution in [0.1, 0.15) is 28.4 Å². The van der Waals surface area contributed by atoms with Gasteiger partial charge in [-0.05, 0) is 37.0 Å². The first-order chi connectivity index (χ1) is 10.6. The van der Waals surface area contributed by atoms with Crippen LogP contribution in [0.5, 0.6) is 0 Å². The van der Waals surface area contributed by atoms with E-state index < -0.39 is 18.0 Å². The van der Waals surface area contributed by atoms with Gasteiger partial charge in [0.05, 0.1) is 5.56 Å². The van der Waals surface area contributed by atoms with Gasteiger partial charge >= 0.3 is 5.97 Å². The molecule has 0 fully saturated rings. The summed E-state index contributed by atoms with van der Waals surface area (Å²) in [6, 6.07) is 17.3. The lowest BCUT2D eigenvalue weighted by Gasteiger charge is -2.12. The Kier molecular flexibility index (Phi) is 5.31. The molecule has 114 valence electrons. The van der Waals surface area contributed by atoms with Crippen molar-refractivity contribution < 1.29 is 14.3 Å². The van der Waals surface area contributed by atoms with Gasteiger partial charge in [-0.3, -0.25) is 4.79 Å². The molecule has 1 atom stereocenters. The van der Waals surface area contributed by atoms with Gasteiger partial charge in [-0.1, -0.05) is 48.5 Å². The Balaban J connectivity index is 2.09. The molecule has 2 aromatic carbocycles. The van der Waals surface area contributed by atoms with Crippen molar-refractivity contribution in [2.45, 2.75) is 25.9 Å². The molecule has 0 aliphatic heterocycles. The summed E-state index contributed by atoms with van der Waals surface area (Å²) < 4.78 is 5.08. The van der Waals surface area contributed by atoms with Crippen molar-refractivity contribution in [3.8, 4) is 0 Å². The summed E-state index contributed by atoms with van der Waals surface area (Å²) in [5.41, 5.74) is 7.70. The van der Waals surface area contributed by atoms with Crippen molar-refractivity contribution in [3.63, 3.8) is 0 Å². The van der Waals surface area contributed by atoms with Crippen molar-refractivity contribution in [2.24, 2.45) is 5.73 Å². The zero-order chi connectivity index (χ0) is 15.9. The summed E-state index contributed by atoms with van der Waals surface area (Å²) >= 11 is 0. The summed E-state index contributed by atoms with van der Waals surface area (Å²) in [5, 5.41) is 0. The van der Waals surface area contributed by atoms with Gasteiger partial charge in [0.25, 0.3) is 5.91 Å². The number of aryl methyl sites for hydroxylation is 2. The van der Waals surface area contributed by atoms with E-state index in [4.69, 9.17) is 10.5 Å². The van der Waals surface area contributed by atoms with Gasteiger partial charge in [-0.15, -0.1) is 0 Å². The molecule has 4 nitrogen and oxygen atoms in total. The minimum absolute atomic E-state index is 0.478. The molecule has 4 heteroatoms. The van der Waals surface area contributed by atoms with Gasteiger partial charge in [0.2, 0.25) is 0 Å². The molecule has 1 amide bonds. The zero-order valence-electron chi connectivity index (χ0n) is 12.5. The van der Waals surface area contributed by atoms with Gasteiger partial charge in [0.1, 0.15) is 0 Å². The summed E-state index contributed by atoms with van der Waals surface area (Å²) in [5.74, 6) is -1.18. The Morgan fingerprint density at radius 1 is 1.00 bits per heavy atom. The molecule has 2 N–H and O–H groups in total. The van der Waals surface area contributed by atoms with Crippen molar-refractivity contribution in [2.75, 3.05) is 0 Å². The third-order valence-corrected chi connectivity index (χ3v) is 3.45. The number of hydrogen-bond donors (Lipinski definition) is 1. The lowest BCUT2D eigenvalue weighted by atomic mass is 10.00. The molecule has 0 saturated heterocycles. The number of benzene rings is 2. The SMILES string of the molecule is C[C@H](OC(=O)c1ccccc1CCc1ccccc1)C(N)=O. The van der Waals surface area contributed by atoms with Gasteiger partial charge < -0.3 is 10.5 Å². The third-order valence-electron chi connectivity index (χ3n) is 3.45. The van der Waals surface area contributed by atoms with Crippen molar-refractivity contribution in [3.05, 3.63) is 71.3 Å². The molecule has 2 aromatic rings. The van der Waals surface area contributed by atoms with Crippen LogP contribution in [0.3, 0.4) is 0 Å². The van der Waals surface area contributed by atoms with Gasteiger partial charge in [0, 0.05) is 0 Å². The number of carbonyl (C=O) groups excluding carboxylic acids is 2. The van der Waals surface area contributed by atoms with E-state index in [9.17, 15) is 9.59 Å². The highest BCUT2D eigenvalue weighted by atomic mass is 16.5. The summed E-state index contributed by atoms with van der Waals surface area (Å²) in [6.45, 7) is 1.47. The van der Waals surface area contributed by atoms with E-state index in [2.05, 4.69) is 12.1 Å². The van der Waals surface area contributed by atoms with E-state index >= 15 is 0 Å². The first kappa shape index (κ1) is 15.8. The number of nitrogens with two attached hydrogens (primary N) is 1. The molecule has 0 saturated carbocycles. The quantitative estimate of drug-likeness (QED) is 0.833. The van der Waals surface area contributed by atoms with Crippen LogP contribution < -0.4 is 5.73 Å². The van der Waals surface area contributed by atoms with E-state index in [1.54, 1.807) is 12.1 Å². The maximum absolute atomic E-state index is 12.2. The first-order valence-corrected chi connectivity index (χ1v) is 7.20. The van der Waals surface area contributed by atoms with Crippen LogP contribution in [0.2, 0.25) is 0 Å². The predicted molar refractivity (Wildman–Crippen MR) is 84.4 cm³/mol. The predicted octanol–water partition coefficient (Wildman–Crippen LogP) is 2.50. The Labute approximate surface area is 129 Å². The number of ether oxygens (including phenoxy) is 1. The van der Waals surface area contributed by atoms with Gasteiger partial charge in [-0.2, -0.15) is 0 Å². The second kappa shape index (κ2) is 7.41. The van der Waals surface area contributed by atoms with E-state index in [0.717, 1.165) is 18.4 Å². The van der Waals surface area contributed by atoms with Crippen molar-refractivity contribution >= 4 is 11.9 Å². The summed E-state index contributed by atoms with van der Waals surface area (Å²) in [4.78, 5) is 23.2. The molecule has 0 radical (unpaired) electrons. The molecule has 0 aliphatic rings. The molecule has 0 heterocycles. The number of rotatable bonds is 6. The highest BCUT2D eigenvalue weighted by molar-refractivity contribution is 5.93. The van der Waals surface area contributed by atoms with E-state index in [-0.39, 0.29) is 0 Å². The Hall–Kier alpha value is -2.62. The maximum Gasteiger partial charge on any atom is 0.339 e. The van der Waals surface area contributed by atoms with Gasteiger partial charge in [-0.25, -0.2) is 4.79 Å². The average Bonchev–Trinajstić information content (AvgIpc) is 2.54. The molecule has 0 aromatic heterocycles. The van der Waals surface area contributed by atoms with Gasteiger partial charge in [0.15, 0.2) is 6.10 Å². The smallest absolute Gasteiger partial charge is 0.339 e. The van der Waals surface area contributed by atoms with Crippen LogP contribution in [0.4, 0.5) is 0 Å². The number of primary amides is 1. The average molecular weight is 297 g/mol. The fourth-order valence-corrected chi connectivity index (χ4v) is 2.14. The minimum atomic E-state index is -0.935. The van der Waals surface area contributed by atoms with Crippen LogP contribution in [0, 0.1) is 0 Å². The topological polar surface area (TPSA) is 69.4 Å². The fourth-order valence-electron chi connectivity index (χ4n) is 2.14. The number of amides is 1. The Morgan fingerprint density at radius 3 is 2.32 bits per heavy atom. The number of carbonyl (C=O) groups is 2. The molecular weight excluding hydrogens is 278 g/mol. The Bertz CT molecular complexity index is 652. The molecule has 0 unspecified atom stereocenters. The standard InChI is InChI=1S/C18H19NO3/c1-13(17(19)20)22-18(21)16-10-6-5-9-15(16)12-11-14-7-3-2-4-8-14/h2-10,13H,11-12H2,1H3,(H2,19,20)/t13-/m0/s1. The van der Waals surface area contributed by atoms with Crippen LogP contribution >= 0.6 is 0 Å². The largest absolute Gasteiger partial charge is 0.449 e. The third kappa shape index (κ3) is 4.19.